The Bertz CT molecular complexity index is 1640. The third-order valence-electron chi connectivity index (χ3n) is 10.6. The number of rotatable bonds is 19. The summed E-state index contributed by atoms with van der Waals surface area (Å²) in [6.45, 7) is 8.14. The first-order chi connectivity index (χ1) is 25.2. The topological polar surface area (TPSA) is 185 Å². The van der Waals surface area contributed by atoms with Crippen molar-refractivity contribution in [2.24, 2.45) is 29.4 Å². The maximum Gasteiger partial charge on any atom is 0.243 e. The first kappa shape index (κ1) is 42.1. The monoisotopic (exact) mass is 752 g/mol. The van der Waals surface area contributed by atoms with Gasteiger partial charge >= 0.3 is 0 Å². The normalized spacial score (nSPS) is 19.8. The molecule has 4 rings (SSSR count). The van der Waals surface area contributed by atoms with E-state index < -0.39 is 63.0 Å². The van der Waals surface area contributed by atoms with Gasteiger partial charge in [-0.3, -0.25) is 19.2 Å². The molecular formula is C41H60N4O7S. The van der Waals surface area contributed by atoms with Crippen LogP contribution in [-0.2, 0) is 41.9 Å². The number of carbonyl (C=O) groups is 4. The predicted octanol–water partition coefficient (Wildman–Crippen LogP) is 4.04. The minimum atomic E-state index is -3.57. The van der Waals surface area contributed by atoms with Crippen LogP contribution in [0.5, 0.6) is 0 Å². The molecule has 0 saturated heterocycles. The number of Topliss-reactive ketones (excluding diaryl/α,β-unsaturated/α-hetero) is 1. The Labute approximate surface area is 315 Å². The zero-order valence-electron chi connectivity index (χ0n) is 31.8. The average molecular weight is 753 g/mol. The summed E-state index contributed by atoms with van der Waals surface area (Å²) in [5.74, 6) is -2.60. The third-order valence-corrected chi connectivity index (χ3v) is 12.9. The fraction of sp³-hybridized carbons (Fsp3) is 0.610. The number of fused-ring (bicyclic) bond motifs is 1. The summed E-state index contributed by atoms with van der Waals surface area (Å²) >= 11 is 0. The maximum absolute atomic E-state index is 14.5. The molecule has 12 heteroatoms. The number of nitrogens with one attached hydrogen (secondary N) is 3. The molecule has 0 spiro atoms. The number of aliphatic hydroxyl groups excluding tert-OH is 1. The molecule has 6 atom stereocenters. The van der Waals surface area contributed by atoms with Crippen LogP contribution in [-0.4, -0.2) is 73.1 Å². The molecule has 1 aliphatic heterocycles. The van der Waals surface area contributed by atoms with Crippen LogP contribution >= 0.6 is 0 Å². The summed E-state index contributed by atoms with van der Waals surface area (Å²) in [6.07, 6.45) is 4.62. The van der Waals surface area contributed by atoms with Gasteiger partial charge in [0.15, 0.2) is 15.6 Å². The molecule has 1 fully saturated rings. The Morgan fingerprint density at radius 3 is 2.15 bits per heavy atom. The fourth-order valence-corrected chi connectivity index (χ4v) is 9.61. The summed E-state index contributed by atoms with van der Waals surface area (Å²) in [6, 6.07) is 12.7. The van der Waals surface area contributed by atoms with Crippen LogP contribution in [0.4, 0.5) is 0 Å². The second-order valence-electron chi connectivity index (χ2n) is 15.9. The van der Waals surface area contributed by atoms with E-state index in [2.05, 4.69) is 16.0 Å². The van der Waals surface area contributed by atoms with Gasteiger partial charge in [-0.05, 0) is 60.6 Å². The van der Waals surface area contributed by atoms with Crippen molar-refractivity contribution in [2.75, 3.05) is 6.54 Å². The second-order valence-corrected chi connectivity index (χ2v) is 18.1. The summed E-state index contributed by atoms with van der Waals surface area (Å²) in [5, 5.41) is 19.4. The standard InChI is InChI=1S/C41H60N4O7S/c1-26(2)21-33(38(47)32(22-28-13-7-5-8-14-28)39(48)37(42)41(50)43-25-27(3)4)45-40(49)34(23-29-15-9-6-10-16-29)44-36(46)20-19-31-24-30-17-11-12-18-35(30)53(31,51)52/h6,9-12,15-18,26-28,31-34,37,39,48H,5,7-8,13-14,19-25,42H2,1-4H3,(H,43,50)(H,44,46)(H,45,49)/t31?,32-,33+,34+,37?,39+/m1/s1. The van der Waals surface area contributed by atoms with Crippen LogP contribution < -0.4 is 21.7 Å². The highest BCUT2D eigenvalue weighted by atomic mass is 32.2. The lowest BCUT2D eigenvalue weighted by molar-refractivity contribution is -0.137. The summed E-state index contributed by atoms with van der Waals surface area (Å²) in [5.41, 5.74) is 7.84. The molecule has 11 nitrogen and oxygen atoms in total. The van der Waals surface area contributed by atoms with E-state index in [1.54, 1.807) is 24.3 Å². The minimum Gasteiger partial charge on any atom is -0.390 e. The Morgan fingerprint density at radius 2 is 1.51 bits per heavy atom. The van der Waals surface area contributed by atoms with E-state index in [9.17, 15) is 32.7 Å². The molecule has 53 heavy (non-hydrogen) atoms. The minimum absolute atomic E-state index is 0.0145. The van der Waals surface area contributed by atoms with Crippen LogP contribution in [0.1, 0.15) is 96.6 Å². The molecule has 0 aromatic heterocycles. The lowest BCUT2D eigenvalue weighted by atomic mass is 9.76. The molecule has 2 aliphatic rings. The molecule has 2 aromatic carbocycles. The van der Waals surface area contributed by atoms with E-state index in [4.69, 9.17) is 5.73 Å². The van der Waals surface area contributed by atoms with Crippen molar-refractivity contribution in [3.8, 4) is 0 Å². The van der Waals surface area contributed by atoms with E-state index in [1.165, 1.54) is 0 Å². The van der Waals surface area contributed by atoms with Gasteiger partial charge in [-0.1, -0.05) is 108 Å². The average Bonchev–Trinajstić information content (AvgIpc) is 3.40. The second kappa shape index (κ2) is 19.6. The van der Waals surface area contributed by atoms with Crippen molar-refractivity contribution in [3.63, 3.8) is 0 Å². The molecule has 0 radical (unpaired) electrons. The summed E-state index contributed by atoms with van der Waals surface area (Å²) in [7, 11) is -3.57. The molecule has 0 bridgehead atoms. The van der Waals surface area contributed by atoms with Crippen molar-refractivity contribution in [2.45, 2.75) is 133 Å². The maximum atomic E-state index is 14.5. The lowest BCUT2D eigenvalue weighted by Gasteiger charge is -2.34. The van der Waals surface area contributed by atoms with Crippen molar-refractivity contribution in [1.82, 2.24) is 16.0 Å². The first-order valence-corrected chi connectivity index (χ1v) is 20.9. The van der Waals surface area contributed by atoms with E-state index in [1.807, 2.05) is 58.0 Å². The van der Waals surface area contributed by atoms with Crippen LogP contribution in [0.3, 0.4) is 0 Å². The highest BCUT2D eigenvalue weighted by Crippen LogP contribution is 2.34. The van der Waals surface area contributed by atoms with Gasteiger partial charge in [0.05, 0.1) is 22.3 Å². The van der Waals surface area contributed by atoms with Crippen LogP contribution in [0.25, 0.3) is 0 Å². The summed E-state index contributed by atoms with van der Waals surface area (Å²) < 4.78 is 26.3. The van der Waals surface area contributed by atoms with Gasteiger partial charge in [0.1, 0.15) is 12.1 Å². The van der Waals surface area contributed by atoms with Gasteiger partial charge in [-0.2, -0.15) is 0 Å². The van der Waals surface area contributed by atoms with E-state index in [0.29, 0.717) is 24.3 Å². The Kier molecular flexibility index (Phi) is 15.6. The van der Waals surface area contributed by atoms with Crippen molar-refractivity contribution in [1.29, 1.82) is 0 Å². The van der Waals surface area contributed by atoms with E-state index >= 15 is 0 Å². The first-order valence-electron chi connectivity index (χ1n) is 19.4. The summed E-state index contributed by atoms with van der Waals surface area (Å²) in [4.78, 5) is 55.3. The SMILES string of the molecule is CC(C)CNC(=O)C(N)[C@@H](O)[C@H](CC1CCCCC1)C(=O)[C@H](CC(C)C)NC(=O)[C@H](Cc1ccccc1)NC(=O)CCC1Cc2ccccc2S1(=O)=O. The van der Waals surface area contributed by atoms with E-state index in [-0.39, 0.29) is 49.2 Å². The number of hydrogen-bond acceptors (Lipinski definition) is 8. The number of carbonyl (C=O) groups excluding carboxylic acids is 4. The molecule has 292 valence electrons. The molecule has 2 aromatic rings. The quantitative estimate of drug-likeness (QED) is 0.142. The molecule has 1 heterocycles. The van der Waals surface area contributed by atoms with Gasteiger partial charge in [0, 0.05) is 25.3 Å². The number of hydrogen-bond donors (Lipinski definition) is 5. The number of sulfone groups is 1. The molecule has 1 aliphatic carbocycles. The number of aliphatic hydroxyl groups is 1. The number of nitrogens with two attached hydrogens (primary N) is 1. The Morgan fingerprint density at radius 1 is 0.849 bits per heavy atom. The van der Waals surface area contributed by atoms with Gasteiger partial charge in [-0.25, -0.2) is 8.42 Å². The number of benzene rings is 2. The molecule has 6 N–H and O–H groups in total. The van der Waals surface area contributed by atoms with Gasteiger partial charge in [0.2, 0.25) is 17.7 Å². The van der Waals surface area contributed by atoms with Crippen molar-refractivity contribution in [3.05, 3.63) is 65.7 Å². The highest BCUT2D eigenvalue weighted by molar-refractivity contribution is 7.92. The van der Waals surface area contributed by atoms with Gasteiger partial charge in [0.25, 0.3) is 0 Å². The van der Waals surface area contributed by atoms with Gasteiger partial charge in [-0.15, -0.1) is 0 Å². The molecule has 3 amide bonds. The van der Waals surface area contributed by atoms with Crippen molar-refractivity contribution >= 4 is 33.3 Å². The zero-order valence-corrected chi connectivity index (χ0v) is 32.6. The highest BCUT2D eigenvalue weighted by Gasteiger charge is 2.41. The number of ketones is 1. The molecular weight excluding hydrogens is 693 g/mol. The fourth-order valence-electron chi connectivity index (χ4n) is 7.64. The zero-order chi connectivity index (χ0) is 38.7. The Hall–Kier alpha value is -3.61. The van der Waals surface area contributed by atoms with Gasteiger partial charge < -0.3 is 26.8 Å². The van der Waals surface area contributed by atoms with Crippen LogP contribution in [0.15, 0.2) is 59.5 Å². The molecule has 1 saturated carbocycles. The van der Waals surface area contributed by atoms with Crippen molar-refractivity contribution < 1.29 is 32.7 Å². The number of amides is 3. The Balaban J connectivity index is 1.53. The molecule has 2 unspecified atom stereocenters. The smallest absolute Gasteiger partial charge is 0.243 e. The van der Waals surface area contributed by atoms with Crippen LogP contribution in [0, 0.1) is 23.7 Å². The van der Waals surface area contributed by atoms with E-state index in [0.717, 1.165) is 43.2 Å². The third kappa shape index (κ3) is 11.9. The lowest BCUT2D eigenvalue weighted by Crippen LogP contribution is -2.57. The van der Waals surface area contributed by atoms with Crippen LogP contribution in [0.2, 0.25) is 0 Å². The largest absolute Gasteiger partial charge is 0.390 e. The predicted molar refractivity (Wildman–Crippen MR) is 205 cm³/mol.